The van der Waals surface area contributed by atoms with Crippen molar-refractivity contribution in [3.63, 3.8) is 0 Å². The Labute approximate surface area is 116 Å². The van der Waals surface area contributed by atoms with Crippen molar-refractivity contribution in [1.29, 1.82) is 0 Å². The molecule has 0 aromatic heterocycles. The summed E-state index contributed by atoms with van der Waals surface area (Å²) in [5.41, 5.74) is 1.24. The molecule has 104 valence electrons. The predicted octanol–water partition coefficient (Wildman–Crippen LogP) is 2.47. The van der Waals surface area contributed by atoms with Crippen LogP contribution in [-0.2, 0) is 32.3 Å². The van der Waals surface area contributed by atoms with Crippen molar-refractivity contribution in [2.75, 3.05) is 7.11 Å². The minimum Gasteiger partial charge on any atom is -0.496 e. The fourth-order valence-corrected chi connectivity index (χ4v) is 1.81. The zero-order valence-corrected chi connectivity index (χ0v) is 11.7. The summed E-state index contributed by atoms with van der Waals surface area (Å²) in [5, 5.41) is 0.449. The number of halogens is 1. The van der Waals surface area contributed by atoms with E-state index in [9.17, 15) is 9.59 Å². The third-order valence-electron chi connectivity index (χ3n) is 2.27. The van der Waals surface area contributed by atoms with Crippen LogP contribution in [0.1, 0.15) is 25.0 Å². The molecule has 0 N–H and O–H groups in total. The Kier molecular flexibility index (Phi) is 5.63. The van der Waals surface area contributed by atoms with Crippen LogP contribution in [0.5, 0.6) is 5.75 Å². The zero-order chi connectivity index (χ0) is 14.4. The maximum absolute atomic E-state index is 10.8. The fraction of sp³-hybridized carbons (Fsp3) is 0.385. The summed E-state index contributed by atoms with van der Waals surface area (Å²) in [6, 6.07) is 3.28. The van der Waals surface area contributed by atoms with Crippen molar-refractivity contribution in [2.45, 2.75) is 27.1 Å². The molecule has 0 atom stereocenters. The normalized spacial score (nSPS) is 9.89. The van der Waals surface area contributed by atoms with E-state index >= 15 is 0 Å². The maximum atomic E-state index is 10.8. The van der Waals surface area contributed by atoms with E-state index in [0.29, 0.717) is 21.9 Å². The lowest BCUT2D eigenvalue weighted by atomic mass is 10.1. The van der Waals surface area contributed by atoms with Gasteiger partial charge in [-0.05, 0) is 12.1 Å². The van der Waals surface area contributed by atoms with E-state index in [1.165, 1.54) is 21.0 Å². The molecule has 5 nitrogen and oxygen atoms in total. The Morgan fingerprint density at radius 2 is 1.47 bits per heavy atom. The minimum absolute atomic E-state index is 0.0478. The average Bonchev–Trinajstić information content (AvgIpc) is 2.33. The van der Waals surface area contributed by atoms with Crippen LogP contribution in [0, 0.1) is 0 Å². The van der Waals surface area contributed by atoms with Gasteiger partial charge >= 0.3 is 11.9 Å². The van der Waals surface area contributed by atoms with E-state index in [-0.39, 0.29) is 13.2 Å². The molecule has 6 heteroatoms. The highest BCUT2D eigenvalue weighted by atomic mass is 35.5. The molecule has 0 spiro atoms. The number of benzene rings is 1. The Morgan fingerprint density at radius 3 is 1.79 bits per heavy atom. The van der Waals surface area contributed by atoms with Crippen LogP contribution in [0.4, 0.5) is 0 Å². The van der Waals surface area contributed by atoms with Crippen molar-refractivity contribution >= 4 is 23.5 Å². The first kappa shape index (κ1) is 15.3. The molecule has 0 aliphatic carbocycles. The highest BCUT2D eigenvalue weighted by Crippen LogP contribution is 2.29. The van der Waals surface area contributed by atoms with Gasteiger partial charge in [-0.15, -0.1) is 0 Å². The number of ether oxygens (including phenoxy) is 3. The van der Waals surface area contributed by atoms with E-state index in [0.717, 1.165) is 0 Å². The van der Waals surface area contributed by atoms with Crippen LogP contribution in [0.3, 0.4) is 0 Å². The summed E-state index contributed by atoms with van der Waals surface area (Å²) >= 11 is 5.97. The molecule has 0 amide bonds. The largest absolute Gasteiger partial charge is 0.496 e. The number of hydrogen-bond donors (Lipinski definition) is 0. The molecule has 0 unspecified atom stereocenters. The second-order valence-corrected chi connectivity index (χ2v) is 4.25. The van der Waals surface area contributed by atoms with E-state index in [4.69, 9.17) is 25.8 Å². The highest BCUT2D eigenvalue weighted by Gasteiger charge is 2.13. The van der Waals surface area contributed by atoms with Crippen molar-refractivity contribution in [1.82, 2.24) is 0 Å². The lowest BCUT2D eigenvalue weighted by Crippen LogP contribution is -2.05. The molecular formula is C13H15ClO5. The first-order valence-corrected chi connectivity index (χ1v) is 5.93. The van der Waals surface area contributed by atoms with Crippen molar-refractivity contribution < 1.29 is 23.8 Å². The molecule has 0 fully saturated rings. The molecule has 0 aliphatic rings. The molecule has 0 aliphatic heterocycles. The Bertz CT molecular complexity index is 445. The van der Waals surface area contributed by atoms with Crippen molar-refractivity contribution in [3.8, 4) is 5.75 Å². The molecule has 1 rings (SSSR count). The number of rotatable bonds is 5. The maximum Gasteiger partial charge on any atom is 0.302 e. The number of carbonyl (C=O) groups is 2. The first-order valence-electron chi connectivity index (χ1n) is 5.56. The average molecular weight is 287 g/mol. The Balaban J connectivity index is 3.01. The quantitative estimate of drug-likeness (QED) is 0.778. The van der Waals surface area contributed by atoms with Crippen LogP contribution in [0.2, 0.25) is 5.02 Å². The summed E-state index contributed by atoms with van der Waals surface area (Å²) in [6.45, 7) is 2.73. The summed E-state index contributed by atoms with van der Waals surface area (Å²) in [4.78, 5) is 21.7. The molecule has 0 radical (unpaired) electrons. The van der Waals surface area contributed by atoms with Gasteiger partial charge in [0.1, 0.15) is 19.0 Å². The summed E-state index contributed by atoms with van der Waals surface area (Å²) in [5.74, 6) is -0.306. The van der Waals surface area contributed by atoms with E-state index in [2.05, 4.69) is 0 Å². The van der Waals surface area contributed by atoms with Gasteiger partial charge in [0.2, 0.25) is 0 Å². The molecule has 19 heavy (non-hydrogen) atoms. The van der Waals surface area contributed by atoms with Crippen LogP contribution in [0.25, 0.3) is 0 Å². The van der Waals surface area contributed by atoms with Gasteiger partial charge in [-0.3, -0.25) is 9.59 Å². The Morgan fingerprint density at radius 1 is 1.05 bits per heavy atom. The van der Waals surface area contributed by atoms with Gasteiger partial charge in [-0.1, -0.05) is 11.6 Å². The van der Waals surface area contributed by atoms with Gasteiger partial charge < -0.3 is 14.2 Å². The fourth-order valence-electron chi connectivity index (χ4n) is 1.55. The number of hydrogen-bond acceptors (Lipinski definition) is 5. The standard InChI is InChI=1S/C13H15ClO5/c1-8(15)18-6-10-4-12(14)5-11(13(10)17-3)7-19-9(2)16/h4-5H,6-7H2,1-3H3. The molecule has 0 bridgehead atoms. The molecule has 0 heterocycles. The van der Waals surface area contributed by atoms with Gasteiger partial charge in [0, 0.05) is 30.0 Å². The van der Waals surface area contributed by atoms with Crippen molar-refractivity contribution in [2.24, 2.45) is 0 Å². The van der Waals surface area contributed by atoms with E-state index in [1.807, 2.05) is 0 Å². The minimum atomic E-state index is -0.399. The number of methoxy groups -OCH3 is 1. The topological polar surface area (TPSA) is 61.8 Å². The third kappa shape index (κ3) is 4.79. The van der Waals surface area contributed by atoms with Gasteiger partial charge in [0.15, 0.2) is 0 Å². The summed E-state index contributed by atoms with van der Waals surface area (Å²) in [6.07, 6.45) is 0. The second kappa shape index (κ2) is 6.99. The summed E-state index contributed by atoms with van der Waals surface area (Å²) < 4.78 is 15.1. The van der Waals surface area contributed by atoms with Gasteiger partial charge in [0.25, 0.3) is 0 Å². The monoisotopic (exact) mass is 286 g/mol. The van der Waals surface area contributed by atoms with Gasteiger partial charge in [0.05, 0.1) is 7.11 Å². The number of carbonyl (C=O) groups excluding carboxylic acids is 2. The molecule has 0 saturated carbocycles. The molecule has 0 saturated heterocycles. The molecule has 1 aromatic rings. The van der Waals surface area contributed by atoms with Crippen LogP contribution in [-0.4, -0.2) is 19.0 Å². The highest BCUT2D eigenvalue weighted by molar-refractivity contribution is 6.30. The Hall–Kier alpha value is -1.75. The second-order valence-electron chi connectivity index (χ2n) is 3.82. The van der Waals surface area contributed by atoms with Crippen LogP contribution >= 0.6 is 11.6 Å². The molecular weight excluding hydrogens is 272 g/mol. The van der Waals surface area contributed by atoms with Gasteiger partial charge in [-0.2, -0.15) is 0 Å². The lowest BCUT2D eigenvalue weighted by Gasteiger charge is -2.14. The van der Waals surface area contributed by atoms with Crippen LogP contribution < -0.4 is 4.74 Å². The summed E-state index contributed by atoms with van der Waals surface area (Å²) in [7, 11) is 1.48. The zero-order valence-electron chi connectivity index (χ0n) is 11.0. The number of esters is 2. The van der Waals surface area contributed by atoms with E-state index < -0.39 is 11.9 Å². The van der Waals surface area contributed by atoms with Crippen molar-refractivity contribution in [3.05, 3.63) is 28.3 Å². The predicted molar refractivity (Wildman–Crippen MR) is 68.9 cm³/mol. The van der Waals surface area contributed by atoms with E-state index in [1.54, 1.807) is 12.1 Å². The van der Waals surface area contributed by atoms with Gasteiger partial charge in [-0.25, -0.2) is 0 Å². The first-order chi connectivity index (χ1) is 8.93. The smallest absolute Gasteiger partial charge is 0.302 e. The van der Waals surface area contributed by atoms with Crippen LogP contribution in [0.15, 0.2) is 12.1 Å². The lowest BCUT2D eigenvalue weighted by molar-refractivity contribution is -0.142. The molecule has 1 aromatic carbocycles. The third-order valence-corrected chi connectivity index (χ3v) is 2.49. The SMILES string of the molecule is COc1c(COC(C)=O)cc(Cl)cc1COC(C)=O.